The average molecular weight is 106 g/mol. The molecule has 0 spiro atoms. The fraction of sp³-hybridized carbons (Fsp3) is 0.333. The molecule has 0 saturated carbocycles. The number of fused-ring (bicyclic) bond motifs is 1. The maximum absolute atomic E-state index is 4.16. The van der Waals surface area contributed by atoms with E-state index in [0.29, 0.717) is 0 Å². The Morgan fingerprint density at radius 3 is 2.62 bits per heavy atom. The highest BCUT2D eigenvalue weighted by atomic mass is 14.9. The summed E-state index contributed by atoms with van der Waals surface area (Å²) in [5, 5.41) is 0. The Hall–Kier alpha value is -0.920. The predicted octanol–water partition coefficient (Wildman–Crippen LogP) is 1.02. The molecule has 0 aromatic rings. The van der Waals surface area contributed by atoms with Gasteiger partial charge in [0.15, 0.2) is 0 Å². The fourth-order valence-electron chi connectivity index (χ4n) is 0.883. The Labute approximate surface area is 47.6 Å². The number of hydrogen-bond donors (Lipinski definition) is 0. The summed E-state index contributed by atoms with van der Waals surface area (Å²) in [6.45, 7) is 2.09. The summed E-state index contributed by atoms with van der Waals surface area (Å²) in [7, 11) is 0. The second-order valence-electron chi connectivity index (χ2n) is 1.90. The summed E-state index contributed by atoms with van der Waals surface area (Å²) in [5.41, 5.74) is 3.41. The minimum absolute atomic E-state index is 1.02. The van der Waals surface area contributed by atoms with Crippen molar-refractivity contribution < 1.29 is 0 Å². The Balaban J connectivity index is 2.48. The van der Waals surface area contributed by atoms with Gasteiger partial charge < -0.3 is 0 Å². The lowest BCUT2D eigenvalue weighted by atomic mass is 10.1. The summed E-state index contributed by atoms with van der Waals surface area (Å²) in [6.07, 6.45) is 2.82. The Morgan fingerprint density at radius 2 is 2.50 bits per heavy atom. The minimum atomic E-state index is 1.02. The van der Waals surface area contributed by atoms with E-state index in [9.17, 15) is 0 Å². The van der Waals surface area contributed by atoms with E-state index in [-0.39, 0.29) is 0 Å². The highest BCUT2D eigenvalue weighted by Gasteiger charge is 2.18. The molecule has 0 unspecified atom stereocenters. The molecular formula is C6H6N2. The average Bonchev–Trinajstić information content (AvgIpc) is 1.76. The van der Waals surface area contributed by atoms with Crippen molar-refractivity contribution in [3.8, 4) is 11.4 Å². The zero-order valence-corrected chi connectivity index (χ0v) is 4.68. The zero-order chi connectivity index (χ0) is 5.56. The quantitative estimate of drug-likeness (QED) is 0.542. The maximum Gasteiger partial charge on any atom is 0.112 e. The van der Waals surface area contributed by atoms with Crippen LogP contribution in [0.4, 0.5) is 0 Å². The number of aryl methyl sites for hydroxylation is 1. The topological polar surface area (TPSA) is 25.8 Å². The lowest BCUT2D eigenvalue weighted by Gasteiger charge is -2.15. The largest absolute Gasteiger partial charge is 0.250 e. The van der Waals surface area contributed by atoms with Crippen LogP contribution in [0, 0.1) is 0 Å². The second-order valence-corrected chi connectivity index (χ2v) is 1.90. The molecule has 0 aromatic carbocycles. The number of rotatable bonds is 1. The molecule has 2 heteroatoms. The molecule has 2 aliphatic heterocycles. The van der Waals surface area contributed by atoms with Crippen LogP contribution in [-0.4, -0.2) is 9.97 Å². The van der Waals surface area contributed by atoms with Gasteiger partial charge >= 0.3 is 0 Å². The van der Waals surface area contributed by atoms with Gasteiger partial charge in [0.25, 0.3) is 0 Å². The van der Waals surface area contributed by atoms with Crippen molar-refractivity contribution in [3.05, 3.63) is 11.9 Å². The van der Waals surface area contributed by atoms with E-state index in [0.717, 1.165) is 17.8 Å². The van der Waals surface area contributed by atoms with Crippen LogP contribution in [-0.2, 0) is 6.42 Å². The van der Waals surface area contributed by atoms with Gasteiger partial charge in [-0.25, -0.2) is 4.98 Å². The smallest absolute Gasteiger partial charge is 0.112 e. The molecule has 0 amide bonds. The first kappa shape index (κ1) is 4.01. The lowest BCUT2D eigenvalue weighted by molar-refractivity contribution is 0.939. The van der Waals surface area contributed by atoms with Gasteiger partial charge in [0, 0.05) is 0 Å². The standard InChI is InChI=1S/C6H6N2/c1-2-4-6-5(8-4)3-7-6/h3H,2H2,1H3. The Morgan fingerprint density at radius 1 is 1.62 bits per heavy atom. The van der Waals surface area contributed by atoms with Gasteiger partial charge in [-0.15, -0.1) is 0 Å². The van der Waals surface area contributed by atoms with Crippen LogP contribution in [0.15, 0.2) is 6.20 Å². The molecule has 0 aromatic heterocycles. The van der Waals surface area contributed by atoms with Gasteiger partial charge in [0.1, 0.15) is 11.4 Å². The normalized spacial score (nSPS) is 11.6. The minimum Gasteiger partial charge on any atom is -0.250 e. The van der Waals surface area contributed by atoms with Crippen LogP contribution >= 0.6 is 0 Å². The van der Waals surface area contributed by atoms with Gasteiger partial charge in [-0.2, -0.15) is 0 Å². The van der Waals surface area contributed by atoms with Crippen LogP contribution in [0.3, 0.4) is 0 Å². The first-order chi connectivity index (χ1) is 3.92. The summed E-state index contributed by atoms with van der Waals surface area (Å²) in [4.78, 5) is 8.17. The molecule has 2 aliphatic rings. The van der Waals surface area contributed by atoms with E-state index in [4.69, 9.17) is 0 Å². The number of hydrogen-bond acceptors (Lipinski definition) is 2. The van der Waals surface area contributed by atoms with E-state index >= 15 is 0 Å². The third-order valence-electron chi connectivity index (χ3n) is 1.42. The highest BCUT2D eigenvalue weighted by Crippen LogP contribution is 2.27. The van der Waals surface area contributed by atoms with Gasteiger partial charge in [-0.05, 0) is 6.42 Å². The molecule has 0 radical (unpaired) electrons. The van der Waals surface area contributed by atoms with Crippen molar-refractivity contribution in [1.29, 1.82) is 0 Å². The number of aromatic nitrogens is 2. The van der Waals surface area contributed by atoms with Crippen molar-refractivity contribution in [2.45, 2.75) is 13.3 Å². The number of nitrogens with zero attached hydrogens (tertiary/aromatic N) is 2. The molecular weight excluding hydrogens is 100 g/mol. The van der Waals surface area contributed by atoms with Crippen LogP contribution in [0.2, 0.25) is 0 Å². The molecule has 0 atom stereocenters. The third-order valence-corrected chi connectivity index (χ3v) is 1.42. The fourth-order valence-corrected chi connectivity index (χ4v) is 0.883. The molecule has 2 nitrogen and oxygen atoms in total. The molecule has 0 bridgehead atoms. The Kier molecular flexibility index (Phi) is 0.539. The molecule has 8 heavy (non-hydrogen) atoms. The van der Waals surface area contributed by atoms with Crippen molar-refractivity contribution in [2.75, 3.05) is 0 Å². The molecule has 2 heterocycles. The first-order valence-corrected chi connectivity index (χ1v) is 2.78. The van der Waals surface area contributed by atoms with E-state index in [1.54, 1.807) is 6.20 Å². The summed E-state index contributed by atoms with van der Waals surface area (Å²) in [5.74, 6) is 0. The van der Waals surface area contributed by atoms with E-state index in [1.807, 2.05) is 0 Å². The van der Waals surface area contributed by atoms with Crippen molar-refractivity contribution in [1.82, 2.24) is 9.97 Å². The maximum atomic E-state index is 4.16. The Bertz CT molecular complexity index is 230. The first-order valence-electron chi connectivity index (χ1n) is 2.78. The van der Waals surface area contributed by atoms with E-state index in [1.165, 1.54) is 5.69 Å². The molecule has 0 fully saturated rings. The van der Waals surface area contributed by atoms with Crippen molar-refractivity contribution in [3.63, 3.8) is 0 Å². The summed E-state index contributed by atoms with van der Waals surface area (Å²) in [6, 6.07) is 0. The molecule has 2 rings (SSSR count). The summed E-state index contributed by atoms with van der Waals surface area (Å²) >= 11 is 0. The molecule has 0 saturated heterocycles. The highest BCUT2D eigenvalue weighted by molar-refractivity contribution is 5.66. The monoisotopic (exact) mass is 106 g/mol. The van der Waals surface area contributed by atoms with Crippen LogP contribution < -0.4 is 0 Å². The molecule has 0 aliphatic carbocycles. The summed E-state index contributed by atoms with van der Waals surface area (Å²) < 4.78 is 0. The zero-order valence-electron chi connectivity index (χ0n) is 4.68. The third kappa shape index (κ3) is 0.259. The molecule has 0 N–H and O–H groups in total. The predicted molar refractivity (Wildman–Crippen MR) is 30.4 cm³/mol. The SMILES string of the molecule is CCc1nc2cnc1-2. The van der Waals surface area contributed by atoms with Crippen LogP contribution in [0.25, 0.3) is 11.4 Å². The van der Waals surface area contributed by atoms with Crippen molar-refractivity contribution in [2.24, 2.45) is 0 Å². The van der Waals surface area contributed by atoms with Crippen molar-refractivity contribution >= 4 is 0 Å². The van der Waals surface area contributed by atoms with Gasteiger partial charge in [-0.3, -0.25) is 4.98 Å². The van der Waals surface area contributed by atoms with Crippen LogP contribution in [0.5, 0.6) is 0 Å². The van der Waals surface area contributed by atoms with Gasteiger partial charge in [-0.1, -0.05) is 6.92 Å². The van der Waals surface area contributed by atoms with E-state index < -0.39 is 0 Å². The second kappa shape index (κ2) is 1.08. The van der Waals surface area contributed by atoms with Gasteiger partial charge in [0.2, 0.25) is 0 Å². The lowest BCUT2D eigenvalue weighted by Crippen LogP contribution is -2.08. The van der Waals surface area contributed by atoms with Crippen LogP contribution in [0.1, 0.15) is 12.6 Å². The molecule has 40 valence electrons. The van der Waals surface area contributed by atoms with E-state index in [2.05, 4.69) is 16.9 Å². The van der Waals surface area contributed by atoms with Gasteiger partial charge in [0.05, 0.1) is 11.9 Å².